The number of nitrogens with zero attached hydrogens (tertiary/aromatic N) is 4. The molecule has 2 aromatic rings. The number of aromatic nitrogens is 4. The van der Waals surface area contributed by atoms with Crippen molar-refractivity contribution in [2.45, 2.75) is 83.0 Å². The van der Waals surface area contributed by atoms with Gasteiger partial charge in [0.25, 0.3) is 0 Å². The van der Waals surface area contributed by atoms with Crippen molar-refractivity contribution in [3.8, 4) is 0 Å². The predicted octanol–water partition coefficient (Wildman–Crippen LogP) is 5.16. The molecule has 2 aromatic heterocycles. The highest BCUT2D eigenvalue weighted by molar-refractivity contribution is 7.99. The van der Waals surface area contributed by atoms with Gasteiger partial charge in [0.15, 0.2) is 5.16 Å². The van der Waals surface area contributed by atoms with Gasteiger partial charge in [-0.05, 0) is 45.6 Å². The summed E-state index contributed by atoms with van der Waals surface area (Å²) in [5.41, 5.74) is 2.59. The predicted molar refractivity (Wildman–Crippen MR) is 101 cm³/mol. The molecule has 1 saturated carbocycles. The molecule has 24 heavy (non-hydrogen) atoms. The van der Waals surface area contributed by atoms with Crippen LogP contribution in [0.3, 0.4) is 0 Å². The Balaban J connectivity index is 1.47. The summed E-state index contributed by atoms with van der Waals surface area (Å²) >= 11 is 1.95. The molecule has 0 radical (unpaired) electrons. The normalized spacial score (nSPS) is 15.9. The van der Waals surface area contributed by atoms with Gasteiger partial charge in [0.1, 0.15) is 0 Å². The Kier molecular flexibility index (Phi) is 6.41. The molecule has 5 heteroatoms. The lowest BCUT2D eigenvalue weighted by atomic mass is 9.95. The van der Waals surface area contributed by atoms with Gasteiger partial charge >= 0.3 is 0 Å². The Morgan fingerprint density at radius 2 is 1.96 bits per heavy atom. The van der Waals surface area contributed by atoms with Crippen LogP contribution in [0.15, 0.2) is 23.6 Å². The molecule has 1 fully saturated rings. The molecule has 0 aliphatic heterocycles. The fraction of sp³-hybridized carbons (Fsp3) is 0.684. The fourth-order valence-electron chi connectivity index (χ4n) is 3.62. The van der Waals surface area contributed by atoms with E-state index in [1.807, 2.05) is 34.9 Å². The zero-order chi connectivity index (χ0) is 16.8. The van der Waals surface area contributed by atoms with E-state index < -0.39 is 0 Å². The van der Waals surface area contributed by atoms with Gasteiger partial charge in [-0.15, -0.1) is 0 Å². The summed E-state index contributed by atoms with van der Waals surface area (Å²) in [6, 6.07) is 2.67. The van der Waals surface area contributed by atoms with E-state index in [0.29, 0.717) is 6.04 Å². The van der Waals surface area contributed by atoms with Crippen LogP contribution in [0, 0.1) is 13.8 Å². The Bertz CT molecular complexity index is 612. The van der Waals surface area contributed by atoms with Crippen molar-refractivity contribution >= 4 is 11.8 Å². The molecule has 2 heterocycles. The van der Waals surface area contributed by atoms with Gasteiger partial charge < -0.3 is 4.57 Å². The summed E-state index contributed by atoms with van der Waals surface area (Å²) in [6.45, 7) is 5.43. The number of thioether (sulfide) groups is 1. The lowest BCUT2D eigenvalue weighted by Gasteiger charge is -2.26. The highest BCUT2D eigenvalue weighted by Crippen LogP contribution is 2.34. The topological polar surface area (TPSA) is 35.6 Å². The lowest BCUT2D eigenvalue weighted by molar-refractivity contribution is 0.332. The molecule has 0 unspecified atom stereocenters. The Labute approximate surface area is 150 Å². The third-order valence-corrected chi connectivity index (χ3v) is 6.16. The SMILES string of the molecule is Cc1nc(SCCCCCn2cccn2)n(C2CCCCC2)c1C. The third kappa shape index (κ3) is 4.44. The van der Waals surface area contributed by atoms with Crippen molar-refractivity contribution < 1.29 is 0 Å². The highest BCUT2D eigenvalue weighted by Gasteiger charge is 2.21. The summed E-state index contributed by atoms with van der Waals surface area (Å²) in [6.07, 6.45) is 14.4. The van der Waals surface area contributed by atoms with E-state index in [-0.39, 0.29) is 0 Å². The first-order chi connectivity index (χ1) is 11.8. The van der Waals surface area contributed by atoms with Gasteiger partial charge in [-0.1, -0.05) is 37.4 Å². The van der Waals surface area contributed by atoms with Gasteiger partial charge in [0.05, 0.1) is 5.69 Å². The van der Waals surface area contributed by atoms with Crippen molar-refractivity contribution in [3.63, 3.8) is 0 Å². The highest BCUT2D eigenvalue weighted by atomic mass is 32.2. The van der Waals surface area contributed by atoms with Crippen molar-refractivity contribution in [3.05, 3.63) is 29.8 Å². The smallest absolute Gasteiger partial charge is 0.168 e. The van der Waals surface area contributed by atoms with Crippen LogP contribution in [0.25, 0.3) is 0 Å². The van der Waals surface area contributed by atoms with Crippen LogP contribution in [-0.2, 0) is 6.54 Å². The molecule has 1 aliphatic carbocycles. The standard InChI is InChI=1S/C19H30N4S/c1-16-17(2)23(18-10-5-3-6-11-18)19(21-16)24-15-8-4-7-13-22-14-9-12-20-22/h9,12,14,18H,3-8,10-11,13,15H2,1-2H3. The van der Waals surface area contributed by atoms with Crippen LogP contribution < -0.4 is 0 Å². The van der Waals surface area contributed by atoms with E-state index in [1.54, 1.807) is 0 Å². The first-order valence-electron chi connectivity index (χ1n) is 9.41. The van der Waals surface area contributed by atoms with Crippen molar-refractivity contribution in [1.82, 2.24) is 19.3 Å². The maximum Gasteiger partial charge on any atom is 0.168 e. The summed E-state index contributed by atoms with van der Waals surface area (Å²) in [5.74, 6) is 1.17. The van der Waals surface area contributed by atoms with Crippen molar-refractivity contribution in [2.24, 2.45) is 0 Å². The van der Waals surface area contributed by atoms with E-state index in [4.69, 9.17) is 4.98 Å². The van der Waals surface area contributed by atoms with E-state index >= 15 is 0 Å². The molecule has 0 bridgehead atoms. The van der Waals surface area contributed by atoms with E-state index in [1.165, 1.54) is 73.7 Å². The van der Waals surface area contributed by atoms with E-state index in [0.717, 1.165) is 6.54 Å². The van der Waals surface area contributed by atoms with Crippen LogP contribution in [0.1, 0.15) is 68.8 Å². The number of rotatable bonds is 8. The molecule has 1 aliphatic rings. The molecule has 0 amide bonds. The molecule has 0 atom stereocenters. The molecule has 132 valence electrons. The molecule has 0 saturated heterocycles. The zero-order valence-electron chi connectivity index (χ0n) is 15.1. The van der Waals surface area contributed by atoms with Crippen molar-refractivity contribution in [2.75, 3.05) is 5.75 Å². The van der Waals surface area contributed by atoms with E-state index in [9.17, 15) is 0 Å². The summed E-state index contributed by atoms with van der Waals surface area (Å²) < 4.78 is 4.57. The van der Waals surface area contributed by atoms with Gasteiger partial charge in [-0.3, -0.25) is 4.68 Å². The van der Waals surface area contributed by atoms with E-state index in [2.05, 4.69) is 23.5 Å². The van der Waals surface area contributed by atoms with Crippen LogP contribution >= 0.6 is 11.8 Å². The number of unbranched alkanes of at least 4 members (excludes halogenated alkanes) is 2. The quantitative estimate of drug-likeness (QED) is 0.489. The fourth-order valence-corrected chi connectivity index (χ4v) is 4.77. The van der Waals surface area contributed by atoms with Crippen LogP contribution in [-0.4, -0.2) is 25.1 Å². The monoisotopic (exact) mass is 346 g/mol. The van der Waals surface area contributed by atoms with Crippen molar-refractivity contribution in [1.29, 1.82) is 0 Å². The van der Waals surface area contributed by atoms with Gasteiger partial charge in [-0.25, -0.2) is 4.98 Å². The minimum atomic E-state index is 0.683. The Morgan fingerprint density at radius 1 is 1.12 bits per heavy atom. The molecule has 0 spiro atoms. The van der Waals surface area contributed by atoms with Crippen LogP contribution in [0.2, 0.25) is 0 Å². The number of hydrogen-bond acceptors (Lipinski definition) is 3. The molecule has 3 rings (SSSR count). The minimum Gasteiger partial charge on any atom is -0.320 e. The first-order valence-corrected chi connectivity index (χ1v) is 10.4. The zero-order valence-corrected chi connectivity index (χ0v) is 15.9. The van der Waals surface area contributed by atoms with Crippen LogP contribution in [0.5, 0.6) is 0 Å². The second kappa shape index (κ2) is 8.75. The Hall–Kier alpha value is -1.23. The summed E-state index contributed by atoms with van der Waals surface area (Å²) in [4.78, 5) is 4.86. The largest absolute Gasteiger partial charge is 0.320 e. The van der Waals surface area contributed by atoms with Crippen LogP contribution in [0.4, 0.5) is 0 Å². The molecular formula is C19H30N4S. The summed E-state index contributed by atoms with van der Waals surface area (Å²) in [7, 11) is 0. The second-order valence-corrected chi connectivity index (χ2v) is 7.97. The first kappa shape index (κ1) is 17.6. The third-order valence-electron chi connectivity index (χ3n) is 5.12. The molecule has 0 N–H and O–H groups in total. The van der Waals surface area contributed by atoms with Gasteiger partial charge in [0.2, 0.25) is 0 Å². The minimum absolute atomic E-state index is 0.683. The average Bonchev–Trinajstić information content (AvgIpc) is 3.21. The summed E-state index contributed by atoms with van der Waals surface area (Å²) in [5, 5.41) is 5.51. The van der Waals surface area contributed by atoms with Gasteiger partial charge in [-0.2, -0.15) is 5.10 Å². The van der Waals surface area contributed by atoms with Gasteiger partial charge in [0, 0.05) is 36.4 Å². The second-order valence-electron chi connectivity index (χ2n) is 6.91. The average molecular weight is 347 g/mol. The molecular weight excluding hydrogens is 316 g/mol. The number of imidazole rings is 1. The molecule has 0 aromatic carbocycles. The maximum absolute atomic E-state index is 4.86. The maximum atomic E-state index is 4.86. The Morgan fingerprint density at radius 3 is 2.71 bits per heavy atom. The lowest BCUT2D eigenvalue weighted by Crippen LogP contribution is -2.15. The molecule has 4 nitrogen and oxygen atoms in total. The number of aryl methyl sites for hydroxylation is 2. The number of hydrogen-bond donors (Lipinski definition) is 0.